The number of nitrogens with zero attached hydrogens (tertiary/aromatic N) is 6. The molecule has 0 spiro atoms. The number of carbonyl (C=O) groups is 1. The van der Waals surface area contributed by atoms with Gasteiger partial charge in [-0.05, 0) is 79.6 Å². The molecule has 0 radical (unpaired) electrons. The molecule has 1 heterocycles. The highest BCUT2D eigenvalue weighted by molar-refractivity contribution is 7.19. The van der Waals surface area contributed by atoms with Crippen LogP contribution < -0.4 is 4.90 Å². The minimum absolute atomic E-state index is 0.271. The molecule has 0 N–H and O–H groups in total. The van der Waals surface area contributed by atoms with Crippen molar-refractivity contribution in [1.82, 2.24) is 0 Å². The van der Waals surface area contributed by atoms with Crippen LogP contribution in [0.1, 0.15) is 94.3 Å². The van der Waals surface area contributed by atoms with Gasteiger partial charge < -0.3 is 9.64 Å². The summed E-state index contributed by atoms with van der Waals surface area (Å²) in [5, 5.41) is 28.7. The van der Waals surface area contributed by atoms with Crippen LogP contribution in [0.15, 0.2) is 62.9 Å². The number of hydrogen-bond acceptors (Lipinski definition) is 9. The van der Waals surface area contributed by atoms with Gasteiger partial charge in [-0.15, -0.1) is 20.5 Å². The SMILES string of the molecule is CCC(CC)CN(CC(CC)CC)c1ccc(/N=N/c2sc(N=Nc3ccc(C(=O)OCC(C)C)cc3)c(C)c2C#N)c(C)c1. The van der Waals surface area contributed by atoms with Crippen LogP contribution in [0.2, 0.25) is 0 Å². The summed E-state index contributed by atoms with van der Waals surface area (Å²) >= 11 is 1.28. The van der Waals surface area contributed by atoms with E-state index in [1.807, 2.05) is 26.8 Å². The van der Waals surface area contributed by atoms with E-state index in [4.69, 9.17) is 4.74 Å². The van der Waals surface area contributed by atoms with Gasteiger partial charge in [-0.3, -0.25) is 0 Å². The predicted octanol–water partition coefficient (Wildman–Crippen LogP) is 11.6. The third kappa shape index (κ3) is 10.1. The van der Waals surface area contributed by atoms with Crippen LogP contribution in [-0.2, 0) is 4.74 Å². The second kappa shape index (κ2) is 17.6. The topological polar surface area (TPSA) is 103 Å². The largest absolute Gasteiger partial charge is 0.462 e. The number of rotatable bonds is 16. The third-order valence-corrected chi connectivity index (χ3v) is 9.24. The molecule has 0 bridgehead atoms. The van der Waals surface area contributed by atoms with E-state index in [1.54, 1.807) is 24.3 Å². The van der Waals surface area contributed by atoms with Crippen LogP contribution >= 0.6 is 11.3 Å². The van der Waals surface area contributed by atoms with Gasteiger partial charge in [0.25, 0.3) is 0 Å². The van der Waals surface area contributed by atoms with Crippen LogP contribution in [0.5, 0.6) is 0 Å². The van der Waals surface area contributed by atoms with Crippen LogP contribution in [-0.4, -0.2) is 25.7 Å². The number of thiophene rings is 1. The van der Waals surface area contributed by atoms with E-state index in [0.717, 1.165) is 24.3 Å². The van der Waals surface area contributed by atoms with E-state index in [1.165, 1.54) is 42.7 Å². The summed E-state index contributed by atoms with van der Waals surface area (Å²) in [6.45, 7) is 19.5. The van der Waals surface area contributed by atoms with Crippen molar-refractivity contribution in [3.63, 3.8) is 0 Å². The Labute approximate surface area is 273 Å². The normalized spacial score (nSPS) is 11.8. The van der Waals surface area contributed by atoms with Crippen molar-refractivity contribution >= 4 is 44.4 Å². The first-order valence-electron chi connectivity index (χ1n) is 16.1. The molecule has 1 aromatic heterocycles. The lowest BCUT2D eigenvalue weighted by Crippen LogP contribution is -2.33. The average molecular weight is 629 g/mol. The molecule has 0 amide bonds. The molecule has 0 unspecified atom stereocenters. The van der Waals surface area contributed by atoms with Crippen molar-refractivity contribution in [1.29, 1.82) is 5.26 Å². The van der Waals surface area contributed by atoms with Gasteiger partial charge in [-0.1, -0.05) is 78.6 Å². The molecular formula is C36H48N6O2S. The first kappa shape index (κ1) is 35.6. The maximum absolute atomic E-state index is 12.2. The number of hydrogen-bond donors (Lipinski definition) is 0. The van der Waals surface area contributed by atoms with Gasteiger partial charge in [-0.25, -0.2) is 4.79 Å². The van der Waals surface area contributed by atoms with E-state index in [9.17, 15) is 10.1 Å². The molecule has 2 aromatic carbocycles. The van der Waals surface area contributed by atoms with Gasteiger partial charge in [0.15, 0.2) is 5.00 Å². The molecule has 0 aliphatic carbocycles. The molecule has 240 valence electrons. The van der Waals surface area contributed by atoms with Crippen molar-refractivity contribution in [3.8, 4) is 6.07 Å². The number of esters is 1. The van der Waals surface area contributed by atoms with Crippen molar-refractivity contribution < 1.29 is 9.53 Å². The van der Waals surface area contributed by atoms with Crippen molar-refractivity contribution in [2.24, 2.45) is 38.2 Å². The molecule has 0 aliphatic heterocycles. The quantitative estimate of drug-likeness (QED) is 0.116. The summed E-state index contributed by atoms with van der Waals surface area (Å²) < 4.78 is 5.28. The Morgan fingerprint density at radius 3 is 2.00 bits per heavy atom. The third-order valence-electron chi connectivity index (χ3n) is 8.18. The van der Waals surface area contributed by atoms with Gasteiger partial charge in [0.05, 0.1) is 29.1 Å². The lowest BCUT2D eigenvalue weighted by Gasteiger charge is -2.32. The van der Waals surface area contributed by atoms with Crippen molar-refractivity contribution in [3.05, 3.63) is 64.7 Å². The fourth-order valence-corrected chi connectivity index (χ4v) is 5.83. The number of nitriles is 1. The lowest BCUT2D eigenvalue weighted by molar-refractivity contribution is 0.0459. The summed E-state index contributed by atoms with van der Waals surface area (Å²) in [5.41, 5.74) is 5.23. The molecule has 0 fully saturated rings. The van der Waals surface area contributed by atoms with E-state index >= 15 is 0 Å². The highest BCUT2D eigenvalue weighted by atomic mass is 32.1. The number of ether oxygens (including phenoxy) is 1. The number of aryl methyl sites for hydroxylation is 1. The standard InChI is InChI=1S/C36H48N6O2S/c1-9-27(10-2)21-42(22-28(11-3)12-4)31-17-18-33(25(7)19-31)39-41-35-32(20-37)26(8)34(45-35)40-38-30-15-13-29(14-16-30)36(43)44-23-24(5)6/h13-19,24,27-28H,9-12,21-23H2,1-8H3/b40-38?,41-39+. The summed E-state index contributed by atoms with van der Waals surface area (Å²) in [4.78, 5) is 14.7. The highest BCUT2D eigenvalue weighted by Gasteiger charge is 2.18. The smallest absolute Gasteiger partial charge is 0.338 e. The second-order valence-electron chi connectivity index (χ2n) is 12.0. The molecule has 3 aromatic rings. The molecule has 45 heavy (non-hydrogen) atoms. The highest BCUT2D eigenvalue weighted by Crippen LogP contribution is 2.42. The van der Waals surface area contributed by atoms with Gasteiger partial charge in [0.2, 0.25) is 0 Å². The molecular weight excluding hydrogens is 581 g/mol. The predicted molar refractivity (Wildman–Crippen MR) is 185 cm³/mol. The minimum Gasteiger partial charge on any atom is -0.462 e. The fourth-order valence-electron chi connectivity index (χ4n) is 4.93. The number of carbonyl (C=O) groups excluding carboxylic acids is 1. The number of benzene rings is 2. The van der Waals surface area contributed by atoms with Gasteiger partial charge in [0, 0.05) is 24.3 Å². The van der Waals surface area contributed by atoms with Gasteiger partial charge in [0.1, 0.15) is 11.1 Å². The fraction of sp³-hybridized carbons (Fsp3) is 0.500. The monoisotopic (exact) mass is 628 g/mol. The Morgan fingerprint density at radius 2 is 1.47 bits per heavy atom. The van der Waals surface area contributed by atoms with Crippen molar-refractivity contribution in [2.45, 2.75) is 81.1 Å². The Hall–Kier alpha value is -3.90. The zero-order valence-corrected chi connectivity index (χ0v) is 28.9. The zero-order chi connectivity index (χ0) is 32.9. The molecule has 0 saturated carbocycles. The summed E-state index contributed by atoms with van der Waals surface area (Å²) in [5.74, 6) is 1.23. The minimum atomic E-state index is -0.361. The summed E-state index contributed by atoms with van der Waals surface area (Å²) in [7, 11) is 0. The Balaban J connectivity index is 1.79. The van der Waals surface area contributed by atoms with E-state index in [0.29, 0.717) is 50.8 Å². The maximum atomic E-state index is 12.2. The molecule has 0 saturated heterocycles. The molecule has 9 heteroatoms. The van der Waals surface area contributed by atoms with Crippen molar-refractivity contribution in [2.75, 3.05) is 24.6 Å². The first-order chi connectivity index (χ1) is 21.6. The Kier molecular flexibility index (Phi) is 13.9. The van der Waals surface area contributed by atoms with E-state index in [-0.39, 0.29) is 11.9 Å². The zero-order valence-electron chi connectivity index (χ0n) is 28.1. The van der Waals surface area contributed by atoms with E-state index in [2.05, 4.69) is 78.2 Å². The van der Waals surface area contributed by atoms with Crippen LogP contribution in [0, 0.1) is 42.9 Å². The van der Waals surface area contributed by atoms with Crippen LogP contribution in [0.25, 0.3) is 0 Å². The average Bonchev–Trinajstić information content (AvgIpc) is 3.36. The van der Waals surface area contributed by atoms with Crippen LogP contribution in [0.3, 0.4) is 0 Å². The van der Waals surface area contributed by atoms with E-state index < -0.39 is 0 Å². The maximum Gasteiger partial charge on any atom is 0.338 e. The number of azo groups is 2. The van der Waals surface area contributed by atoms with Crippen LogP contribution in [0.4, 0.5) is 27.1 Å². The molecule has 0 atom stereocenters. The molecule has 3 rings (SSSR count). The van der Waals surface area contributed by atoms with Gasteiger partial charge in [-0.2, -0.15) is 5.26 Å². The number of anilines is 1. The van der Waals surface area contributed by atoms with Gasteiger partial charge >= 0.3 is 5.97 Å². The molecule has 8 nitrogen and oxygen atoms in total. The molecule has 0 aliphatic rings. The summed E-state index contributed by atoms with van der Waals surface area (Å²) in [6.07, 6.45) is 4.69. The first-order valence-corrected chi connectivity index (χ1v) is 16.9. The summed E-state index contributed by atoms with van der Waals surface area (Å²) in [6, 6.07) is 15.4. The Bertz CT molecular complexity index is 1480. The Morgan fingerprint density at radius 1 is 0.867 bits per heavy atom. The second-order valence-corrected chi connectivity index (χ2v) is 13.0. The lowest BCUT2D eigenvalue weighted by atomic mass is 9.98.